The van der Waals surface area contributed by atoms with Gasteiger partial charge in [-0.1, -0.05) is 13.8 Å². The normalized spacial score (nSPS) is 13.9. The first kappa shape index (κ1) is 16.1. The number of sulfonamides is 1. The number of rotatable bonds is 9. The molecular weight excluding hydrogens is 264 g/mol. The van der Waals surface area contributed by atoms with Crippen LogP contribution in [0.1, 0.15) is 33.6 Å². The lowest BCUT2D eigenvalue weighted by Gasteiger charge is -2.19. The highest BCUT2D eigenvalue weighted by Gasteiger charge is 2.18. The predicted octanol–water partition coefficient (Wildman–Crippen LogP) is 1.20. The van der Waals surface area contributed by atoms with Gasteiger partial charge in [0.05, 0.1) is 6.20 Å². The average molecular weight is 288 g/mol. The maximum atomic E-state index is 11.9. The van der Waals surface area contributed by atoms with Crippen LogP contribution in [0.2, 0.25) is 0 Å². The van der Waals surface area contributed by atoms with E-state index in [1.807, 2.05) is 6.92 Å². The molecule has 0 aromatic carbocycles. The number of aromatic amines is 1. The van der Waals surface area contributed by atoms with Crippen molar-refractivity contribution < 1.29 is 8.42 Å². The second kappa shape index (κ2) is 7.62. The number of nitrogens with zero attached hydrogens (tertiary/aromatic N) is 2. The summed E-state index contributed by atoms with van der Waals surface area (Å²) >= 11 is 0. The summed E-state index contributed by atoms with van der Waals surface area (Å²) in [7, 11) is -3.44. The van der Waals surface area contributed by atoms with Crippen molar-refractivity contribution in [2.75, 3.05) is 19.6 Å². The van der Waals surface area contributed by atoms with Gasteiger partial charge in [0.15, 0.2) is 0 Å². The van der Waals surface area contributed by atoms with Crippen LogP contribution in [-0.2, 0) is 10.0 Å². The quantitative estimate of drug-likeness (QED) is 0.715. The van der Waals surface area contributed by atoms with Crippen LogP contribution in [-0.4, -0.2) is 49.2 Å². The van der Waals surface area contributed by atoms with E-state index in [9.17, 15) is 8.42 Å². The Morgan fingerprint density at radius 3 is 2.63 bits per heavy atom. The van der Waals surface area contributed by atoms with E-state index in [0.717, 1.165) is 32.5 Å². The van der Waals surface area contributed by atoms with Gasteiger partial charge in [0, 0.05) is 12.2 Å². The van der Waals surface area contributed by atoms with Gasteiger partial charge in [-0.3, -0.25) is 5.10 Å². The molecule has 0 aliphatic rings. The highest BCUT2D eigenvalue weighted by atomic mass is 32.2. The first-order valence-corrected chi connectivity index (χ1v) is 8.21. The fourth-order valence-corrected chi connectivity index (χ4v) is 3.12. The van der Waals surface area contributed by atoms with Gasteiger partial charge in [0.1, 0.15) is 4.90 Å². The average Bonchev–Trinajstić information content (AvgIpc) is 2.88. The summed E-state index contributed by atoms with van der Waals surface area (Å²) in [5, 5.41) is 6.16. The van der Waals surface area contributed by atoms with E-state index in [1.165, 1.54) is 12.4 Å². The molecule has 1 unspecified atom stereocenters. The number of hydrogen-bond donors (Lipinski definition) is 2. The second-order valence-electron chi connectivity index (χ2n) is 4.63. The Hall–Kier alpha value is -0.920. The highest BCUT2D eigenvalue weighted by molar-refractivity contribution is 7.89. The zero-order chi connectivity index (χ0) is 14.3. The second-order valence-corrected chi connectivity index (χ2v) is 6.34. The van der Waals surface area contributed by atoms with Crippen LogP contribution >= 0.6 is 0 Å². The molecular formula is C12H24N4O2S. The van der Waals surface area contributed by atoms with Crippen LogP contribution in [0.5, 0.6) is 0 Å². The van der Waals surface area contributed by atoms with Crippen LogP contribution in [0.15, 0.2) is 17.3 Å². The lowest BCUT2D eigenvalue weighted by atomic mass is 10.2. The van der Waals surface area contributed by atoms with Crippen molar-refractivity contribution in [3.05, 3.63) is 12.4 Å². The molecule has 7 heteroatoms. The number of aromatic nitrogens is 2. The van der Waals surface area contributed by atoms with Crippen molar-refractivity contribution in [3.8, 4) is 0 Å². The van der Waals surface area contributed by atoms with E-state index in [-0.39, 0.29) is 10.9 Å². The molecule has 1 aromatic heterocycles. The lowest BCUT2D eigenvalue weighted by Crippen LogP contribution is -2.33. The Labute approximate surface area is 115 Å². The van der Waals surface area contributed by atoms with Gasteiger partial charge in [0.2, 0.25) is 10.0 Å². The van der Waals surface area contributed by atoms with Gasteiger partial charge in [-0.2, -0.15) is 5.10 Å². The van der Waals surface area contributed by atoms with Crippen molar-refractivity contribution in [1.82, 2.24) is 19.8 Å². The van der Waals surface area contributed by atoms with E-state index < -0.39 is 10.0 Å². The zero-order valence-corrected chi connectivity index (χ0v) is 12.7. The molecule has 0 spiro atoms. The zero-order valence-electron chi connectivity index (χ0n) is 11.9. The topological polar surface area (TPSA) is 78.1 Å². The summed E-state index contributed by atoms with van der Waals surface area (Å²) in [5.74, 6) is 0. The molecule has 1 atom stereocenters. The maximum absolute atomic E-state index is 11.9. The van der Waals surface area contributed by atoms with Crippen LogP contribution in [0.3, 0.4) is 0 Å². The summed E-state index contributed by atoms with van der Waals surface area (Å²) in [4.78, 5) is 2.51. The molecule has 0 aliphatic heterocycles. The van der Waals surface area contributed by atoms with Gasteiger partial charge in [0.25, 0.3) is 0 Å². The van der Waals surface area contributed by atoms with Crippen LogP contribution < -0.4 is 4.72 Å². The third-order valence-corrected chi connectivity index (χ3v) is 4.70. The first-order valence-electron chi connectivity index (χ1n) is 6.73. The molecule has 0 saturated carbocycles. The van der Waals surface area contributed by atoms with Crippen molar-refractivity contribution in [1.29, 1.82) is 0 Å². The minimum absolute atomic E-state index is 0.0736. The molecule has 19 heavy (non-hydrogen) atoms. The number of nitrogens with one attached hydrogen (secondary N) is 2. The minimum atomic E-state index is -3.44. The largest absolute Gasteiger partial charge is 0.304 e. The highest BCUT2D eigenvalue weighted by Crippen LogP contribution is 2.08. The fraction of sp³-hybridized carbons (Fsp3) is 0.750. The van der Waals surface area contributed by atoms with Gasteiger partial charge in [-0.05, 0) is 39.4 Å². The van der Waals surface area contributed by atoms with Crippen molar-refractivity contribution >= 4 is 10.0 Å². The molecule has 6 nitrogen and oxygen atoms in total. The first-order chi connectivity index (χ1) is 8.99. The molecule has 0 bridgehead atoms. The number of H-pyrrole nitrogens is 1. The molecule has 1 rings (SSSR count). The SMILES string of the molecule is CCN(CC)CCCC(C)NS(=O)(=O)c1cn[nH]c1. The molecule has 0 aliphatic carbocycles. The third kappa shape index (κ3) is 5.30. The molecule has 110 valence electrons. The molecule has 1 heterocycles. The summed E-state index contributed by atoms with van der Waals surface area (Å²) in [6, 6.07) is -0.0736. The standard InChI is InChI=1S/C12H24N4O2S/c1-4-16(5-2)8-6-7-11(3)15-19(17,18)12-9-13-14-10-12/h9-11,15H,4-8H2,1-3H3,(H,13,14). The Kier molecular flexibility index (Phi) is 6.47. The van der Waals surface area contributed by atoms with Crippen molar-refractivity contribution in [2.24, 2.45) is 0 Å². The Morgan fingerprint density at radius 2 is 2.11 bits per heavy atom. The van der Waals surface area contributed by atoms with Gasteiger partial charge >= 0.3 is 0 Å². The predicted molar refractivity (Wildman–Crippen MR) is 75.4 cm³/mol. The van der Waals surface area contributed by atoms with Crippen LogP contribution in [0, 0.1) is 0 Å². The van der Waals surface area contributed by atoms with E-state index in [0.29, 0.717) is 0 Å². The summed E-state index contributed by atoms with van der Waals surface area (Å²) in [5.41, 5.74) is 0. The molecule has 2 N–H and O–H groups in total. The maximum Gasteiger partial charge on any atom is 0.243 e. The summed E-state index contributed by atoms with van der Waals surface area (Å²) in [6.07, 6.45) is 4.50. The lowest BCUT2D eigenvalue weighted by molar-refractivity contribution is 0.293. The summed E-state index contributed by atoms with van der Waals surface area (Å²) < 4.78 is 26.5. The molecule has 0 fully saturated rings. The molecule has 0 amide bonds. The third-order valence-electron chi connectivity index (χ3n) is 3.15. The minimum Gasteiger partial charge on any atom is -0.304 e. The van der Waals surface area contributed by atoms with Crippen LogP contribution in [0.4, 0.5) is 0 Å². The van der Waals surface area contributed by atoms with E-state index in [1.54, 1.807) is 0 Å². The summed E-state index contributed by atoms with van der Waals surface area (Å²) in [6.45, 7) is 9.23. The van der Waals surface area contributed by atoms with E-state index >= 15 is 0 Å². The van der Waals surface area contributed by atoms with Crippen molar-refractivity contribution in [2.45, 2.75) is 44.6 Å². The van der Waals surface area contributed by atoms with Gasteiger partial charge in [-0.25, -0.2) is 13.1 Å². The van der Waals surface area contributed by atoms with Gasteiger partial charge in [-0.15, -0.1) is 0 Å². The van der Waals surface area contributed by atoms with E-state index in [4.69, 9.17) is 0 Å². The number of hydrogen-bond acceptors (Lipinski definition) is 4. The Bertz CT molecular complexity index is 440. The molecule has 0 radical (unpaired) electrons. The van der Waals surface area contributed by atoms with Gasteiger partial charge < -0.3 is 4.90 Å². The fourth-order valence-electron chi connectivity index (χ4n) is 1.94. The monoisotopic (exact) mass is 288 g/mol. The Morgan fingerprint density at radius 1 is 1.42 bits per heavy atom. The van der Waals surface area contributed by atoms with E-state index in [2.05, 4.69) is 33.7 Å². The molecule has 0 saturated heterocycles. The molecule has 1 aromatic rings. The Balaban J connectivity index is 2.37. The van der Waals surface area contributed by atoms with Crippen LogP contribution in [0.25, 0.3) is 0 Å². The smallest absolute Gasteiger partial charge is 0.243 e. The van der Waals surface area contributed by atoms with Crippen molar-refractivity contribution in [3.63, 3.8) is 0 Å².